The monoisotopic (exact) mass is 362 g/mol. The van der Waals surface area contributed by atoms with E-state index in [0.29, 0.717) is 25.0 Å². The summed E-state index contributed by atoms with van der Waals surface area (Å²) < 4.78 is 0. The van der Waals surface area contributed by atoms with Crippen LogP contribution in [-0.4, -0.2) is 22.6 Å². The number of Topliss-reactive ketones (excluding diaryl/α,β-unsaturated/α-hetero) is 1. The largest absolute Gasteiger partial charge is 0.481 e. The second-order valence-corrected chi connectivity index (χ2v) is 7.26. The summed E-state index contributed by atoms with van der Waals surface area (Å²) in [5.74, 6) is -0.105. The number of rotatable bonds is 14. The molecule has 0 aromatic carbocycles. The maximum atomic E-state index is 12.1. The lowest BCUT2D eigenvalue weighted by Crippen LogP contribution is -2.12. The third-order valence-corrected chi connectivity index (χ3v) is 5.03. The number of carbonyl (C=O) groups excluding carboxylic acids is 2. The van der Waals surface area contributed by atoms with Crippen LogP contribution in [0.2, 0.25) is 0 Å². The van der Waals surface area contributed by atoms with Crippen molar-refractivity contribution in [3.63, 3.8) is 0 Å². The summed E-state index contributed by atoms with van der Waals surface area (Å²) in [6, 6.07) is 0. The number of hydrogen-bond acceptors (Lipinski definition) is 3. The van der Waals surface area contributed by atoms with Gasteiger partial charge in [-0.2, -0.15) is 0 Å². The van der Waals surface area contributed by atoms with Crippen LogP contribution in [0.1, 0.15) is 84.0 Å². The molecular formula is C22H34O4. The normalized spacial score (nSPS) is 20.4. The van der Waals surface area contributed by atoms with Crippen molar-refractivity contribution < 1.29 is 19.5 Å². The van der Waals surface area contributed by atoms with Gasteiger partial charge in [0, 0.05) is 25.2 Å². The molecule has 0 aromatic rings. The first-order valence-corrected chi connectivity index (χ1v) is 10.1. The molecule has 4 nitrogen and oxygen atoms in total. The van der Waals surface area contributed by atoms with Crippen molar-refractivity contribution in [2.75, 3.05) is 0 Å². The average Bonchev–Trinajstić information content (AvgIpc) is 2.96. The van der Waals surface area contributed by atoms with Crippen LogP contribution in [0.5, 0.6) is 0 Å². The summed E-state index contributed by atoms with van der Waals surface area (Å²) >= 11 is 0. The number of carboxylic acid groups (broad SMARTS) is 1. The summed E-state index contributed by atoms with van der Waals surface area (Å²) in [6.45, 7) is 2.16. The first-order valence-electron chi connectivity index (χ1n) is 10.1. The van der Waals surface area contributed by atoms with Crippen LogP contribution in [-0.2, 0) is 14.4 Å². The van der Waals surface area contributed by atoms with Gasteiger partial charge in [0.15, 0.2) is 5.78 Å². The molecule has 0 radical (unpaired) electrons. The van der Waals surface area contributed by atoms with Gasteiger partial charge in [-0.15, -0.1) is 0 Å². The van der Waals surface area contributed by atoms with Crippen molar-refractivity contribution >= 4 is 17.5 Å². The van der Waals surface area contributed by atoms with E-state index in [0.717, 1.165) is 38.5 Å². The van der Waals surface area contributed by atoms with E-state index < -0.39 is 5.97 Å². The number of ketones is 2. The van der Waals surface area contributed by atoms with Gasteiger partial charge in [-0.3, -0.25) is 14.4 Å². The summed E-state index contributed by atoms with van der Waals surface area (Å²) in [5.41, 5.74) is 0. The second kappa shape index (κ2) is 13.5. The lowest BCUT2D eigenvalue weighted by atomic mass is 9.91. The van der Waals surface area contributed by atoms with Gasteiger partial charge in [0.25, 0.3) is 0 Å². The van der Waals surface area contributed by atoms with E-state index in [1.165, 1.54) is 12.8 Å². The molecule has 1 saturated carbocycles. The summed E-state index contributed by atoms with van der Waals surface area (Å²) in [6.07, 6.45) is 17.5. The highest BCUT2D eigenvalue weighted by molar-refractivity contribution is 5.90. The van der Waals surface area contributed by atoms with Crippen LogP contribution in [0.3, 0.4) is 0 Å². The molecule has 2 unspecified atom stereocenters. The number of allylic oxidation sites excluding steroid dienone is 4. The smallest absolute Gasteiger partial charge is 0.303 e. The zero-order valence-corrected chi connectivity index (χ0v) is 16.1. The van der Waals surface area contributed by atoms with Gasteiger partial charge >= 0.3 is 5.97 Å². The fourth-order valence-electron chi connectivity index (χ4n) is 3.41. The quantitative estimate of drug-likeness (QED) is 0.260. The molecule has 0 aromatic heterocycles. The molecule has 1 fully saturated rings. The van der Waals surface area contributed by atoms with Crippen molar-refractivity contribution in [1.29, 1.82) is 0 Å². The van der Waals surface area contributed by atoms with Gasteiger partial charge < -0.3 is 5.11 Å². The fraction of sp³-hybridized carbons (Fsp3) is 0.682. The molecule has 1 rings (SSSR count). The molecule has 26 heavy (non-hydrogen) atoms. The molecule has 4 heteroatoms. The molecule has 0 amide bonds. The highest BCUT2D eigenvalue weighted by Gasteiger charge is 2.31. The van der Waals surface area contributed by atoms with Gasteiger partial charge in [-0.05, 0) is 50.5 Å². The Morgan fingerprint density at radius 3 is 2.58 bits per heavy atom. The Bertz CT molecular complexity index is 504. The highest BCUT2D eigenvalue weighted by atomic mass is 16.4. The third kappa shape index (κ3) is 9.69. The van der Waals surface area contributed by atoms with Crippen molar-refractivity contribution in [3.8, 4) is 0 Å². The fourth-order valence-corrected chi connectivity index (χ4v) is 3.41. The Morgan fingerprint density at radius 1 is 1.08 bits per heavy atom. The minimum absolute atomic E-state index is 0.00518. The topological polar surface area (TPSA) is 71.4 Å². The van der Waals surface area contributed by atoms with Crippen LogP contribution in [0.4, 0.5) is 0 Å². The van der Waals surface area contributed by atoms with E-state index in [2.05, 4.69) is 6.92 Å². The Balaban J connectivity index is 2.32. The molecule has 1 N–H and O–H groups in total. The Labute approximate surface area is 157 Å². The summed E-state index contributed by atoms with van der Waals surface area (Å²) in [5, 5.41) is 8.59. The molecular weight excluding hydrogens is 328 g/mol. The van der Waals surface area contributed by atoms with Gasteiger partial charge in [0.1, 0.15) is 5.78 Å². The van der Waals surface area contributed by atoms with Gasteiger partial charge in [0.2, 0.25) is 0 Å². The molecule has 1 aliphatic carbocycles. The number of carboxylic acids is 1. The maximum Gasteiger partial charge on any atom is 0.303 e. The highest BCUT2D eigenvalue weighted by Crippen LogP contribution is 2.32. The second-order valence-electron chi connectivity index (χ2n) is 7.26. The predicted molar refractivity (Wildman–Crippen MR) is 104 cm³/mol. The van der Waals surface area contributed by atoms with Crippen molar-refractivity contribution in [1.82, 2.24) is 0 Å². The SMILES string of the molecule is CCCCCCC(=O)/C=C/C1CCC(=O)C1C/C=C/CCCCC(=O)O. The standard InChI is InChI=1S/C22H34O4/c1-2-3-4-8-11-19(23)16-14-18-15-17-21(24)20(18)12-9-6-5-7-10-13-22(25)26/h6,9,14,16,18,20H,2-5,7-8,10-13,15,17H2,1H3,(H,25,26)/b9-6+,16-14+. The van der Waals surface area contributed by atoms with Gasteiger partial charge in [0.05, 0.1) is 0 Å². The zero-order valence-electron chi connectivity index (χ0n) is 16.1. The predicted octanol–water partition coefficient (Wildman–Crippen LogP) is 5.27. The van der Waals surface area contributed by atoms with Crippen molar-refractivity contribution in [2.45, 2.75) is 84.0 Å². The first kappa shape index (κ1) is 22.3. The van der Waals surface area contributed by atoms with Crippen LogP contribution >= 0.6 is 0 Å². The molecule has 146 valence electrons. The molecule has 1 aliphatic rings. The average molecular weight is 363 g/mol. The minimum Gasteiger partial charge on any atom is -0.481 e. The molecule has 2 atom stereocenters. The van der Waals surface area contributed by atoms with Crippen molar-refractivity contribution in [3.05, 3.63) is 24.3 Å². The Hall–Kier alpha value is -1.71. The Kier molecular flexibility index (Phi) is 11.6. The third-order valence-electron chi connectivity index (χ3n) is 5.03. The van der Waals surface area contributed by atoms with Crippen LogP contribution in [0, 0.1) is 11.8 Å². The molecule has 0 heterocycles. The summed E-state index contributed by atoms with van der Waals surface area (Å²) in [4.78, 5) is 34.5. The zero-order chi connectivity index (χ0) is 19.2. The molecule has 0 spiro atoms. The van der Waals surface area contributed by atoms with Crippen LogP contribution in [0.25, 0.3) is 0 Å². The maximum absolute atomic E-state index is 12.1. The van der Waals surface area contributed by atoms with Gasteiger partial charge in [-0.1, -0.05) is 44.4 Å². The minimum atomic E-state index is -0.750. The lowest BCUT2D eigenvalue weighted by molar-refractivity contribution is -0.137. The molecule has 0 aliphatic heterocycles. The van der Waals surface area contributed by atoms with Crippen molar-refractivity contribution in [2.24, 2.45) is 11.8 Å². The number of carbonyl (C=O) groups is 3. The Morgan fingerprint density at radius 2 is 1.85 bits per heavy atom. The number of hydrogen-bond donors (Lipinski definition) is 1. The summed E-state index contributed by atoms with van der Waals surface area (Å²) in [7, 11) is 0. The van der Waals surface area contributed by atoms with E-state index in [4.69, 9.17) is 5.11 Å². The van der Waals surface area contributed by atoms with E-state index in [-0.39, 0.29) is 24.0 Å². The molecule has 0 saturated heterocycles. The van der Waals surface area contributed by atoms with Crippen LogP contribution in [0.15, 0.2) is 24.3 Å². The number of aliphatic carboxylic acids is 1. The van der Waals surface area contributed by atoms with E-state index in [1.807, 2.05) is 18.2 Å². The van der Waals surface area contributed by atoms with Crippen LogP contribution < -0.4 is 0 Å². The molecule has 0 bridgehead atoms. The lowest BCUT2D eigenvalue weighted by Gasteiger charge is -2.12. The van der Waals surface area contributed by atoms with E-state index in [9.17, 15) is 14.4 Å². The van der Waals surface area contributed by atoms with E-state index in [1.54, 1.807) is 6.08 Å². The van der Waals surface area contributed by atoms with E-state index >= 15 is 0 Å². The van der Waals surface area contributed by atoms with Gasteiger partial charge in [-0.25, -0.2) is 0 Å². The first-order chi connectivity index (χ1) is 12.5. The number of unbranched alkanes of at least 4 members (excludes halogenated alkanes) is 5.